The van der Waals surface area contributed by atoms with Crippen LogP contribution in [0.1, 0.15) is 4.88 Å². The average molecular weight is 258 g/mol. The predicted octanol–water partition coefficient (Wildman–Crippen LogP) is 1.78. The van der Waals surface area contributed by atoms with E-state index in [1.54, 1.807) is 0 Å². The standard InChI is InChI=1S/C9H10N2O3S2/c1-14-9(12)7(11-16-13)5-6(10)8-3-2-4-15-8/h2-5,13H,10H2,1H3. The smallest absolute Gasteiger partial charge is 0.357 e. The first-order chi connectivity index (χ1) is 7.69. The Morgan fingerprint density at radius 3 is 3.00 bits per heavy atom. The molecule has 0 amide bonds. The van der Waals surface area contributed by atoms with E-state index in [1.807, 2.05) is 17.5 Å². The molecule has 1 aromatic heterocycles. The Kier molecular flexibility index (Phi) is 5.03. The minimum atomic E-state index is -0.652. The molecule has 0 aromatic carbocycles. The van der Waals surface area contributed by atoms with E-state index in [1.165, 1.54) is 24.5 Å². The third-order valence-corrected chi connectivity index (χ3v) is 2.83. The highest BCUT2D eigenvalue weighted by molar-refractivity contribution is 7.92. The number of hydrogen-bond acceptors (Lipinski definition) is 7. The molecule has 0 spiro atoms. The van der Waals surface area contributed by atoms with Gasteiger partial charge in [-0.25, -0.2) is 4.79 Å². The molecule has 0 aliphatic rings. The number of nitrogens with zero attached hydrogens (tertiary/aromatic N) is 1. The van der Waals surface area contributed by atoms with Crippen LogP contribution < -0.4 is 5.73 Å². The summed E-state index contributed by atoms with van der Waals surface area (Å²) < 4.78 is 16.6. The normalized spacial score (nSPS) is 12.6. The summed E-state index contributed by atoms with van der Waals surface area (Å²) >= 11 is 1.62. The molecule has 0 bridgehead atoms. The molecular formula is C9H10N2O3S2. The van der Waals surface area contributed by atoms with Crippen LogP contribution in [0.4, 0.5) is 0 Å². The lowest BCUT2D eigenvalue weighted by Crippen LogP contribution is -2.14. The third kappa shape index (κ3) is 3.37. The lowest BCUT2D eigenvalue weighted by Gasteiger charge is -2.00. The van der Waals surface area contributed by atoms with Crippen molar-refractivity contribution in [2.75, 3.05) is 7.11 Å². The molecule has 1 aromatic rings. The van der Waals surface area contributed by atoms with E-state index in [2.05, 4.69) is 9.13 Å². The number of ether oxygens (including phenoxy) is 1. The maximum Gasteiger partial charge on any atom is 0.357 e. The highest BCUT2D eigenvalue weighted by Gasteiger charge is 2.10. The molecule has 0 saturated heterocycles. The van der Waals surface area contributed by atoms with Crippen molar-refractivity contribution in [2.45, 2.75) is 0 Å². The summed E-state index contributed by atoms with van der Waals surface area (Å²) in [7, 11) is 1.23. The van der Waals surface area contributed by atoms with Crippen molar-refractivity contribution in [3.05, 3.63) is 28.5 Å². The lowest BCUT2D eigenvalue weighted by molar-refractivity contribution is -0.132. The van der Waals surface area contributed by atoms with Gasteiger partial charge in [0.2, 0.25) is 0 Å². The number of thiophene rings is 1. The number of hydrogen-bond donors (Lipinski definition) is 2. The van der Waals surface area contributed by atoms with Gasteiger partial charge >= 0.3 is 5.97 Å². The minimum Gasteiger partial charge on any atom is -0.464 e. The molecule has 0 atom stereocenters. The maximum absolute atomic E-state index is 11.2. The SMILES string of the molecule is COC(=O)C(C=C(N)c1cccs1)=NSO. The fraction of sp³-hybridized carbons (Fsp3) is 0.111. The molecule has 86 valence electrons. The van der Waals surface area contributed by atoms with Gasteiger partial charge in [0.05, 0.1) is 17.7 Å². The van der Waals surface area contributed by atoms with Gasteiger partial charge in [-0.3, -0.25) is 0 Å². The Morgan fingerprint density at radius 1 is 1.75 bits per heavy atom. The highest BCUT2D eigenvalue weighted by Crippen LogP contribution is 2.16. The van der Waals surface area contributed by atoms with Crippen LogP contribution >= 0.6 is 23.6 Å². The third-order valence-electron chi connectivity index (χ3n) is 1.63. The minimum absolute atomic E-state index is 0.0408. The molecule has 7 heteroatoms. The monoisotopic (exact) mass is 258 g/mol. The quantitative estimate of drug-likeness (QED) is 0.372. The van der Waals surface area contributed by atoms with Crippen molar-refractivity contribution in [2.24, 2.45) is 10.1 Å². The summed E-state index contributed by atoms with van der Waals surface area (Å²) in [5, 5.41) is 1.87. The fourth-order valence-corrected chi connectivity index (χ4v) is 1.80. The summed E-state index contributed by atoms with van der Waals surface area (Å²) in [4.78, 5) is 12.1. The largest absolute Gasteiger partial charge is 0.464 e. The number of rotatable bonds is 4. The van der Waals surface area contributed by atoms with Crippen LogP contribution in [0.15, 0.2) is 28.0 Å². The first-order valence-electron chi connectivity index (χ1n) is 4.17. The molecule has 0 saturated carbocycles. The lowest BCUT2D eigenvalue weighted by atomic mass is 10.2. The van der Waals surface area contributed by atoms with Gasteiger partial charge in [0.15, 0.2) is 5.71 Å². The van der Waals surface area contributed by atoms with E-state index in [0.717, 1.165) is 4.88 Å². The zero-order chi connectivity index (χ0) is 12.0. The van der Waals surface area contributed by atoms with Gasteiger partial charge in [-0.2, -0.15) is 4.40 Å². The summed E-state index contributed by atoms with van der Waals surface area (Å²) in [6.07, 6.45) is 1.36. The van der Waals surface area contributed by atoms with E-state index in [-0.39, 0.29) is 17.9 Å². The van der Waals surface area contributed by atoms with Gasteiger partial charge in [0, 0.05) is 0 Å². The molecule has 0 unspecified atom stereocenters. The maximum atomic E-state index is 11.2. The zero-order valence-corrected chi connectivity index (χ0v) is 10.0. The Bertz CT molecular complexity index is 412. The highest BCUT2D eigenvalue weighted by atomic mass is 32.2. The zero-order valence-electron chi connectivity index (χ0n) is 8.41. The summed E-state index contributed by atoms with van der Waals surface area (Å²) in [6, 6.07) is 3.66. The number of methoxy groups -OCH3 is 1. The van der Waals surface area contributed by atoms with E-state index in [0.29, 0.717) is 5.70 Å². The Labute approximate surface area is 101 Å². The van der Waals surface area contributed by atoms with Gasteiger partial charge in [0.1, 0.15) is 12.2 Å². The number of carbonyl (C=O) groups is 1. The van der Waals surface area contributed by atoms with E-state index < -0.39 is 5.97 Å². The second-order valence-corrected chi connectivity index (χ2v) is 3.92. The fourth-order valence-electron chi connectivity index (χ4n) is 0.932. The molecule has 0 aliphatic heterocycles. The summed E-state index contributed by atoms with van der Waals surface area (Å²) in [6.45, 7) is 0. The van der Waals surface area contributed by atoms with Crippen molar-refractivity contribution in [1.82, 2.24) is 0 Å². The van der Waals surface area contributed by atoms with Crippen molar-refractivity contribution >= 4 is 40.9 Å². The van der Waals surface area contributed by atoms with E-state index in [4.69, 9.17) is 10.3 Å². The Morgan fingerprint density at radius 2 is 2.50 bits per heavy atom. The van der Waals surface area contributed by atoms with Crippen molar-refractivity contribution in [1.29, 1.82) is 0 Å². The van der Waals surface area contributed by atoms with Crippen LogP contribution in [0.25, 0.3) is 5.70 Å². The Balaban J connectivity index is 2.94. The van der Waals surface area contributed by atoms with Crippen molar-refractivity contribution in [3.8, 4) is 0 Å². The first kappa shape index (κ1) is 12.8. The summed E-state index contributed by atoms with van der Waals surface area (Å²) in [5.41, 5.74) is 6.11. The molecule has 3 N–H and O–H groups in total. The van der Waals surface area contributed by atoms with Crippen LogP contribution in [-0.4, -0.2) is 23.3 Å². The van der Waals surface area contributed by atoms with Gasteiger partial charge in [-0.1, -0.05) is 6.07 Å². The first-order valence-corrected chi connectivity index (χ1v) is 5.78. The molecule has 5 nitrogen and oxygen atoms in total. The van der Waals surface area contributed by atoms with Gasteiger partial charge in [-0.15, -0.1) is 11.3 Å². The molecule has 0 radical (unpaired) electrons. The second-order valence-electron chi connectivity index (χ2n) is 2.63. The van der Waals surface area contributed by atoms with Gasteiger partial charge in [-0.05, 0) is 17.5 Å². The molecule has 0 fully saturated rings. The number of carbonyl (C=O) groups excluding carboxylic acids is 1. The van der Waals surface area contributed by atoms with Crippen LogP contribution in [0.2, 0.25) is 0 Å². The molecular weight excluding hydrogens is 248 g/mol. The number of esters is 1. The van der Waals surface area contributed by atoms with Crippen LogP contribution in [-0.2, 0) is 9.53 Å². The number of nitrogens with two attached hydrogens (primary N) is 1. The van der Waals surface area contributed by atoms with Crippen LogP contribution in [0.3, 0.4) is 0 Å². The Hall–Kier alpha value is -1.31. The summed E-state index contributed by atoms with van der Waals surface area (Å²) in [5.74, 6) is -0.652. The average Bonchev–Trinajstić information content (AvgIpc) is 2.80. The van der Waals surface area contributed by atoms with Crippen molar-refractivity contribution < 1.29 is 14.1 Å². The second kappa shape index (κ2) is 6.31. The van der Waals surface area contributed by atoms with Crippen LogP contribution in [0.5, 0.6) is 0 Å². The molecule has 1 heterocycles. The van der Waals surface area contributed by atoms with E-state index >= 15 is 0 Å². The molecule has 1 rings (SSSR count). The van der Waals surface area contributed by atoms with Crippen LogP contribution in [0, 0.1) is 0 Å². The van der Waals surface area contributed by atoms with E-state index in [9.17, 15) is 4.79 Å². The molecule has 16 heavy (non-hydrogen) atoms. The molecule has 0 aliphatic carbocycles. The topological polar surface area (TPSA) is 84.9 Å². The van der Waals surface area contributed by atoms with Gasteiger partial charge < -0.3 is 15.0 Å². The van der Waals surface area contributed by atoms with Gasteiger partial charge in [0.25, 0.3) is 0 Å². The van der Waals surface area contributed by atoms with Crippen molar-refractivity contribution in [3.63, 3.8) is 0 Å². The predicted molar refractivity (Wildman–Crippen MR) is 66.2 cm³/mol.